The Morgan fingerprint density at radius 1 is 1.21 bits per heavy atom. The third kappa shape index (κ3) is 3.15. The van der Waals surface area contributed by atoms with Crippen molar-refractivity contribution in [3.8, 4) is 0 Å². The number of benzene rings is 1. The Balaban J connectivity index is 1.68. The summed E-state index contributed by atoms with van der Waals surface area (Å²) in [5.41, 5.74) is 1.20. The number of ether oxygens (including phenoxy) is 1. The highest BCUT2D eigenvalue weighted by atomic mass is 19.1. The van der Waals surface area contributed by atoms with Crippen LogP contribution in [0.5, 0.6) is 0 Å². The van der Waals surface area contributed by atoms with Crippen LogP contribution in [-0.4, -0.2) is 18.8 Å². The lowest BCUT2D eigenvalue weighted by Crippen LogP contribution is -2.40. The van der Waals surface area contributed by atoms with Gasteiger partial charge >= 0.3 is 0 Å². The molecule has 0 bridgehead atoms. The first kappa shape index (κ1) is 13.1. The molecule has 2 fully saturated rings. The lowest BCUT2D eigenvalue weighted by molar-refractivity contribution is 0.0785. The molecule has 104 valence electrons. The van der Waals surface area contributed by atoms with Gasteiger partial charge in [-0.05, 0) is 56.2 Å². The molecule has 0 aromatic heterocycles. The Morgan fingerprint density at radius 2 is 1.95 bits per heavy atom. The second-order valence-corrected chi connectivity index (χ2v) is 5.87. The summed E-state index contributed by atoms with van der Waals surface area (Å²) >= 11 is 0. The molecule has 2 aliphatic rings. The summed E-state index contributed by atoms with van der Waals surface area (Å²) < 4.78 is 18.8. The van der Waals surface area contributed by atoms with Crippen molar-refractivity contribution < 1.29 is 9.13 Å². The SMILES string of the molecule is CC(NC(c1ccc(F)cc1)C1CC1)C1CCCO1. The van der Waals surface area contributed by atoms with E-state index in [4.69, 9.17) is 4.74 Å². The van der Waals surface area contributed by atoms with Crippen molar-refractivity contribution in [1.82, 2.24) is 5.32 Å². The van der Waals surface area contributed by atoms with Crippen LogP contribution in [0.3, 0.4) is 0 Å². The number of halogens is 1. The zero-order valence-electron chi connectivity index (χ0n) is 11.4. The molecule has 1 aliphatic heterocycles. The number of hydrogen-bond donors (Lipinski definition) is 1. The van der Waals surface area contributed by atoms with Gasteiger partial charge in [0, 0.05) is 18.7 Å². The molecular formula is C16H22FNO. The van der Waals surface area contributed by atoms with Crippen LogP contribution in [0.25, 0.3) is 0 Å². The summed E-state index contributed by atoms with van der Waals surface area (Å²) in [4.78, 5) is 0. The molecule has 1 aliphatic carbocycles. The minimum absolute atomic E-state index is 0.162. The molecule has 19 heavy (non-hydrogen) atoms. The molecule has 3 heteroatoms. The van der Waals surface area contributed by atoms with Crippen LogP contribution in [0, 0.1) is 11.7 Å². The average Bonchev–Trinajstić information content (AvgIpc) is 3.10. The van der Waals surface area contributed by atoms with E-state index in [9.17, 15) is 4.39 Å². The number of hydrogen-bond acceptors (Lipinski definition) is 2. The summed E-state index contributed by atoms with van der Waals surface area (Å²) in [6.07, 6.45) is 5.19. The standard InChI is InChI=1S/C16H22FNO/c1-11(15-3-2-10-19-15)18-16(12-4-5-12)13-6-8-14(17)9-7-13/h6-9,11-12,15-16,18H,2-5,10H2,1H3. The average molecular weight is 263 g/mol. The van der Waals surface area contributed by atoms with Crippen LogP contribution in [0.15, 0.2) is 24.3 Å². The Bertz CT molecular complexity index is 409. The van der Waals surface area contributed by atoms with Gasteiger partial charge in [-0.25, -0.2) is 4.39 Å². The zero-order chi connectivity index (χ0) is 13.2. The molecule has 0 amide bonds. The van der Waals surface area contributed by atoms with E-state index in [0.717, 1.165) is 13.0 Å². The van der Waals surface area contributed by atoms with Gasteiger partial charge in [0.25, 0.3) is 0 Å². The predicted molar refractivity (Wildman–Crippen MR) is 73.4 cm³/mol. The molecule has 3 rings (SSSR count). The van der Waals surface area contributed by atoms with Gasteiger partial charge in [0.1, 0.15) is 5.82 Å². The summed E-state index contributed by atoms with van der Waals surface area (Å²) in [5.74, 6) is 0.541. The van der Waals surface area contributed by atoms with E-state index >= 15 is 0 Å². The monoisotopic (exact) mass is 263 g/mol. The fraction of sp³-hybridized carbons (Fsp3) is 0.625. The Labute approximate surface area is 114 Å². The van der Waals surface area contributed by atoms with Gasteiger partial charge in [0.2, 0.25) is 0 Å². The molecule has 1 saturated heterocycles. The molecule has 0 spiro atoms. The van der Waals surface area contributed by atoms with Gasteiger partial charge in [-0.3, -0.25) is 0 Å². The summed E-state index contributed by atoms with van der Waals surface area (Å²) in [6, 6.07) is 7.64. The summed E-state index contributed by atoms with van der Waals surface area (Å²) in [6.45, 7) is 3.09. The van der Waals surface area contributed by atoms with E-state index < -0.39 is 0 Å². The molecular weight excluding hydrogens is 241 g/mol. The quantitative estimate of drug-likeness (QED) is 0.878. The van der Waals surface area contributed by atoms with Crippen LogP contribution < -0.4 is 5.32 Å². The molecule has 3 unspecified atom stereocenters. The summed E-state index contributed by atoms with van der Waals surface area (Å²) in [5, 5.41) is 3.71. The van der Waals surface area contributed by atoms with Gasteiger partial charge in [-0.2, -0.15) is 0 Å². The van der Waals surface area contributed by atoms with E-state index in [1.165, 1.54) is 24.8 Å². The Hall–Kier alpha value is -0.930. The maximum Gasteiger partial charge on any atom is 0.123 e. The van der Waals surface area contributed by atoms with E-state index in [1.54, 1.807) is 12.1 Å². The number of rotatable bonds is 5. The van der Waals surface area contributed by atoms with E-state index in [-0.39, 0.29) is 5.82 Å². The number of nitrogens with one attached hydrogen (secondary N) is 1. The molecule has 1 N–H and O–H groups in total. The largest absolute Gasteiger partial charge is 0.377 e. The van der Waals surface area contributed by atoms with Gasteiger partial charge in [0.15, 0.2) is 0 Å². The van der Waals surface area contributed by atoms with Crippen molar-refractivity contribution in [3.05, 3.63) is 35.6 Å². The minimum Gasteiger partial charge on any atom is -0.377 e. The molecule has 1 aromatic carbocycles. The van der Waals surface area contributed by atoms with Crippen molar-refractivity contribution in [1.29, 1.82) is 0 Å². The van der Waals surface area contributed by atoms with Crippen molar-refractivity contribution >= 4 is 0 Å². The maximum absolute atomic E-state index is 13.0. The van der Waals surface area contributed by atoms with Gasteiger partial charge in [0.05, 0.1) is 6.10 Å². The van der Waals surface area contributed by atoms with E-state index in [0.29, 0.717) is 24.1 Å². The second kappa shape index (κ2) is 5.59. The molecule has 1 saturated carbocycles. The lowest BCUT2D eigenvalue weighted by atomic mass is 10.00. The normalized spacial score (nSPS) is 26.3. The van der Waals surface area contributed by atoms with Crippen molar-refractivity contribution in [2.75, 3.05) is 6.61 Å². The van der Waals surface area contributed by atoms with Crippen LogP contribution in [0.2, 0.25) is 0 Å². The highest BCUT2D eigenvalue weighted by molar-refractivity contribution is 5.22. The topological polar surface area (TPSA) is 21.3 Å². The van der Waals surface area contributed by atoms with Crippen molar-refractivity contribution in [2.24, 2.45) is 5.92 Å². The minimum atomic E-state index is -0.162. The maximum atomic E-state index is 13.0. The first-order valence-corrected chi connectivity index (χ1v) is 7.37. The highest BCUT2D eigenvalue weighted by Crippen LogP contribution is 2.41. The predicted octanol–water partition coefficient (Wildman–Crippen LogP) is 3.43. The van der Waals surface area contributed by atoms with Crippen molar-refractivity contribution in [2.45, 2.75) is 50.8 Å². The van der Waals surface area contributed by atoms with Crippen LogP contribution in [0.4, 0.5) is 4.39 Å². The molecule has 1 aromatic rings. The lowest BCUT2D eigenvalue weighted by Gasteiger charge is -2.27. The highest BCUT2D eigenvalue weighted by Gasteiger charge is 2.34. The van der Waals surface area contributed by atoms with Gasteiger partial charge < -0.3 is 10.1 Å². The first-order chi connectivity index (χ1) is 9.24. The molecule has 0 radical (unpaired) electrons. The third-order valence-corrected chi connectivity index (χ3v) is 4.29. The Kier molecular flexibility index (Phi) is 3.85. The smallest absolute Gasteiger partial charge is 0.123 e. The first-order valence-electron chi connectivity index (χ1n) is 7.37. The van der Waals surface area contributed by atoms with Crippen LogP contribution in [0.1, 0.15) is 44.2 Å². The van der Waals surface area contributed by atoms with Crippen LogP contribution in [-0.2, 0) is 4.74 Å². The summed E-state index contributed by atoms with van der Waals surface area (Å²) in [7, 11) is 0. The van der Waals surface area contributed by atoms with E-state index in [2.05, 4.69) is 12.2 Å². The van der Waals surface area contributed by atoms with Gasteiger partial charge in [-0.1, -0.05) is 12.1 Å². The van der Waals surface area contributed by atoms with Gasteiger partial charge in [-0.15, -0.1) is 0 Å². The molecule has 1 heterocycles. The third-order valence-electron chi connectivity index (χ3n) is 4.29. The second-order valence-electron chi connectivity index (χ2n) is 5.87. The van der Waals surface area contributed by atoms with Crippen molar-refractivity contribution in [3.63, 3.8) is 0 Å². The molecule has 2 nitrogen and oxygen atoms in total. The Morgan fingerprint density at radius 3 is 2.53 bits per heavy atom. The zero-order valence-corrected chi connectivity index (χ0v) is 11.4. The fourth-order valence-electron chi connectivity index (χ4n) is 2.99. The van der Waals surface area contributed by atoms with Crippen LogP contribution >= 0.6 is 0 Å². The fourth-order valence-corrected chi connectivity index (χ4v) is 2.99. The van der Waals surface area contributed by atoms with E-state index in [1.807, 2.05) is 12.1 Å². The molecule has 3 atom stereocenters.